The van der Waals surface area contributed by atoms with Crippen molar-refractivity contribution in [1.29, 1.82) is 0 Å². The predicted molar refractivity (Wildman–Crippen MR) is 110 cm³/mol. The molecule has 5 nitrogen and oxygen atoms in total. The Morgan fingerprint density at radius 2 is 1.82 bits per heavy atom. The number of halogens is 2. The van der Waals surface area contributed by atoms with Crippen molar-refractivity contribution in [1.82, 2.24) is 15.2 Å². The number of amides is 1. The van der Waals surface area contributed by atoms with E-state index >= 15 is 0 Å². The lowest BCUT2D eigenvalue weighted by Gasteiger charge is -2.34. The van der Waals surface area contributed by atoms with Crippen LogP contribution in [-0.4, -0.2) is 54.6 Å². The van der Waals surface area contributed by atoms with E-state index in [9.17, 15) is 9.18 Å². The maximum absolute atomic E-state index is 13.7. The number of carbonyl (C=O) groups excluding carboxylic acids is 1. The summed E-state index contributed by atoms with van der Waals surface area (Å²) < 4.78 is 13.7. The Morgan fingerprint density at radius 3 is 2.50 bits per heavy atom. The fourth-order valence-electron chi connectivity index (χ4n) is 3.10. The molecule has 2 aromatic carbocycles. The van der Waals surface area contributed by atoms with Crippen LogP contribution in [0.2, 0.25) is 5.02 Å². The Balaban J connectivity index is 1.41. The molecule has 0 unspecified atom stereocenters. The third-order valence-corrected chi connectivity index (χ3v) is 5.07. The van der Waals surface area contributed by atoms with Gasteiger partial charge in [-0.1, -0.05) is 47.5 Å². The molecule has 148 valence electrons. The first-order valence-electron chi connectivity index (χ1n) is 9.27. The van der Waals surface area contributed by atoms with E-state index in [2.05, 4.69) is 51.5 Å². The first-order valence-corrected chi connectivity index (χ1v) is 9.65. The van der Waals surface area contributed by atoms with Gasteiger partial charge in [0.2, 0.25) is 0 Å². The van der Waals surface area contributed by atoms with Crippen molar-refractivity contribution < 1.29 is 9.18 Å². The molecule has 7 heteroatoms. The topological polar surface area (TPSA) is 47.9 Å². The number of benzene rings is 2. The summed E-state index contributed by atoms with van der Waals surface area (Å²) in [6.07, 6.45) is 1.23. The van der Waals surface area contributed by atoms with Crippen molar-refractivity contribution in [2.45, 2.75) is 13.5 Å². The summed E-state index contributed by atoms with van der Waals surface area (Å²) in [6, 6.07) is 13.0. The molecule has 0 saturated carbocycles. The number of nitrogens with zero attached hydrogens (tertiary/aromatic N) is 3. The molecule has 28 heavy (non-hydrogen) atoms. The number of rotatable bonds is 6. The molecule has 0 aromatic heterocycles. The van der Waals surface area contributed by atoms with Crippen molar-refractivity contribution in [2.75, 3.05) is 32.7 Å². The minimum absolute atomic E-state index is 0.161. The number of hydrazone groups is 1. The van der Waals surface area contributed by atoms with Crippen LogP contribution in [0.1, 0.15) is 16.7 Å². The number of nitrogens with one attached hydrogen (secondary N) is 1. The lowest BCUT2D eigenvalue weighted by molar-refractivity contribution is -0.122. The summed E-state index contributed by atoms with van der Waals surface area (Å²) in [6.45, 7) is 6.74. The van der Waals surface area contributed by atoms with Gasteiger partial charge in [-0.05, 0) is 24.6 Å². The average molecular weight is 403 g/mol. The Labute approximate surface area is 169 Å². The van der Waals surface area contributed by atoms with Gasteiger partial charge in [0, 0.05) is 38.3 Å². The monoisotopic (exact) mass is 402 g/mol. The molecular weight excluding hydrogens is 379 g/mol. The Hall–Kier alpha value is -2.28. The summed E-state index contributed by atoms with van der Waals surface area (Å²) in [5.41, 5.74) is 5.17. The molecule has 1 N–H and O–H groups in total. The van der Waals surface area contributed by atoms with E-state index in [0.29, 0.717) is 0 Å². The smallest absolute Gasteiger partial charge is 0.254 e. The normalized spacial score (nSPS) is 15.8. The van der Waals surface area contributed by atoms with Crippen LogP contribution in [0.3, 0.4) is 0 Å². The van der Waals surface area contributed by atoms with Gasteiger partial charge in [-0.15, -0.1) is 0 Å². The molecule has 3 rings (SSSR count). The first-order chi connectivity index (χ1) is 13.5. The highest BCUT2D eigenvalue weighted by Crippen LogP contribution is 2.16. The van der Waals surface area contributed by atoms with Gasteiger partial charge in [-0.2, -0.15) is 5.10 Å². The Morgan fingerprint density at radius 1 is 1.14 bits per heavy atom. The summed E-state index contributed by atoms with van der Waals surface area (Å²) in [5.74, 6) is -0.703. The average Bonchev–Trinajstić information content (AvgIpc) is 2.67. The maximum atomic E-state index is 13.7. The molecule has 0 radical (unpaired) electrons. The molecule has 1 aliphatic rings. The van der Waals surface area contributed by atoms with E-state index in [1.165, 1.54) is 29.5 Å². The molecule has 1 amide bonds. The SMILES string of the molecule is Cc1ccc(CN2CCN(CC(=O)NN=Cc3c(F)cccc3Cl)CC2)cc1. The Kier molecular flexibility index (Phi) is 7.14. The van der Waals surface area contributed by atoms with Crippen LogP contribution in [0.25, 0.3) is 0 Å². The minimum Gasteiger partial charge on any atom is -0.297 e. The van der Waals surface area contributed by atoms with Gasteiger partial charge >= 0.3 is 0 Å². The highest BCUT2D eigenvalue weighted by Gasteiger charge is 2.18. The Bertz CT molecular complexity index is 813. The van der Waals surface area contributed by atoms with Gasteiger partial charge in [-0.3, -0.25) is 14.6 Å². The molecular formula is C21H24ClFN4O. The molecule has 0 aliphatic carbocycles. The number of hydrogen-bond acceptors (Lipinski definition) is 4. The fourth-order valence-corrected chi connectivity index (χ4v) is 3.31. The lowest BCUT2D eigenvalue weighted by atomic mass is 10.1. The second kappa shape index (κ2) is 9.78. The fraction of sp³-hybridized carbons (Fsp3) is 0.333. The second-order valence-corrected chi connectivity index (χ2v) is 7.37. The molecule has 1 saturated heterocycles. The molecule has 0 spiro atoms. The summed E-state index contributed by atoms with van der Waals surface area (Å²) in [4.78, 5) is 16.5. The summed E-state index contributed by atoms with van der Waals surface area (Å²) in [7, 11) is 0. The van der Waals surface area contributed by atoms with Crippen molar-refractivity contribution in [3.05, 3.63) is 70.0 Å². The summed E-state index contributed by atoms with van der Waals surface area (Å²) >= 11 is 5.92. The number of piperazine rings is 1. The summed E-state index contributed by atoms with van der Waals surface area (Å²) in [5, 5.41) is 4.07. The lowest BCUT2D eigenvalue weighted by Crippen LogP contribution is -2.48. The quantitative estimate of drug-likeness (QED) is 0.596. The van der Waals surface area contributed by atoms with E-state index in [1.54, 1.807) is 6.07 Å². The molecule has 1 fully saturated rings. The van der Waals surface area contributed by atoms with Crippen LogP contribution in [0, 0.1) is 12.7 Å². The highest BCUT2D eigenvalue weighted by molar-refractivity contribution is 6.33. The van der Waals surface area contributed by atoms with E-state index in [-0.39, 0.29) is 23.0 Å². The zero-order valence-corrected chi connectivity index (χ0v) is 16.6. The van der Waals surface area contributed by atoms with Gasteiger partial charge in [0.25, 0.3) is 5.91 Å². The van der Waals surface area contributed by atoms with Crippen molar-refractivity contribution in [3.63, 3.8) is 0 Å². The molecule has 0 atom stereocenters. The van der Waals surface area contributed by atoms with Gasteiger partial charge in [0.15, 0.2) is 0 Å². The number of carbonyl (C=O) groups is 1. The largest absolute Gasteiger partial charge is 0.297 e. The second-order valence-electron chi connectivity index (χ2n) is 6.97. The third kappa shape index (κ3) is 5.86. The van der Waals surface area contributed by atoms with Gasteiger partial charge in [-0.25, -0.2) is 9.82 Å². The van der Waals surface area contributed by atoms with Crippen LogP contribution < -0.4 is 5.43 Å². The third-order valence-electron chi connectivity index (χ3n) is 4.74. The van der Waals surface area contributed by atoms with Crippen molar-refractivity contribution >= 4 is 23.7 Å². The van der Waals surface area contributed by atoms with Crippen LogP contribution >= 0.6 is 11.6 Å². The van der Waals surface area contributed by atoms with Crippen LogP contribution in [0.15, 0.2) is 47.6 Å². The number of hydrogen-bond donors (Lipinski definition) is 1. The maximum Gasteiger partial charge on any atom is 0.254 e. The van der Waals surface area contributed by atoms with Crippen LogP contribution in [0.4, 0.5) is 4.39 Å². The molecule has 1 heterocycles. The minimum atomic E-state index is -0.477. The molecule has 1 aliphatic heterocycles. The zero-order chi connectivity index (χ0) is 19.9. The highest BCUT2D eigenvalue weighted by atomic mass is 35.5. The van der Waals surface area contributed by atoms with Crippen molar-refractivity contribution in [2.24, 2.45) is 5.10 Å². The molecule has 2 aromatic rings. The zero-order valence-electron chi connectivity index (χ0n) is 15.9. The van der Waals surface area contributed by atoms with Gasteiger partial charge < -0.3 is 0 Å². The van der Waals surface area contributed by atoms with Crippen LogP contribution in [0.5, 0.6) is 0 Å². The van der Waals surface area contributed by atoms with E-state index in [1.807, 2.05) is 0 Å². The standard InChI is InChI=1S/C21H24ClFN4O/c1-16-5-7-17(8-6-16)14-26-9-11-27(12-10-26)15-21(28)25-24-13-18-19(22)3-2-4-20(18)23/h2-8,13H,9-12,14-15H2,1H3,(H,25,28). The first kappa shape index (κ1) is 20.5. The van der Waals surface area contributed by atoms with Gasteiger partial charge in [0.1, 0.15) is 5.82 Å². The predicted octanol–water partition coefficient (Wildman–Crippen LogP) is 3.06. The van der Waals surface area contributed by atoms with Gasteiger partial charge in [0.05, 0.1) is 17.8 Å². The van der Waals surface area contributed by atoms with Crippen molar-refractivity contribution in [3.8, 4) is 0 Å². The van der Waals surface area contributed by atoms with Crippen LogP contribution in [-0.2, 0) is 11.3 Å². The van der Waals surface area contributed by atoms with E-state index in [0.717, 1.165) is 32.7 Å². The van der Waals surface area contributed by atoms with E-state index < -0.39 is 5.82 Å². The van der Waals surface area contributed by atoms with E-state index in [4.69, 9.17) is 11.6 Å². The molecule has 0 bridgehead atoms. The number of aryl methyl sites for hydroxylation is 1.